The van der Waals surface area contributed by atoms with Gasteiger partial charge in [-0.25, -0.2) is 0 Å². The maximum atomic E-state index is 11.1. The van der Waals surface area contributed by atoms with E-state index in [1.165, 1.54) is 11.1 Å². The Labute approximate surface area is 107 Å². The molecule has 1 aromatic heterocycles. The molecule has 3 rings (SSSR count). The Hall–Kier alpha value is -1.29. The summed E-state index contributed by atoms with van der Waals surface area (Å²) in [4.78, 5) is 11.1. The van der Waals surface area contributed by atoms with Gasteiger partial charge in [-0.3, -0.25) is 4.79 Å². The molecule has 1 N–H and O–H groups in total. The number of rotatable bonds is 1. The largest absolute Gasteiger partial charge is 0.481 e. The number of halogens is 1. The summed E-state index contributed by atoms with van der Waals surface area (Å²) in [6.07, 6.45) is 1.59. The molecule has 3 nitrogen and oxygen atoms in total. The van der Waals surface area contributed by atoms with Crippen molar-refractivity contribution in [1.82, 2.24) is 4.57 Å². The number of fused-ring (bicyclic) bond motifs is 3. The predicted molar refractivity (Wildman–Crippen MR) is 69.1 cm³/mol. The fourth-order valence-corrected chi connectivity index (χ4v) is 2.94. The second-order valence-corrected chi connectivity index (χ2v) is 5.44. The molecule has 0 saturated heterocycles. The van der Waals surface area contributed by atoms with E-state index in [2.05, 4.69) is 32.6 Å². The van der Waals surface area contributed by atoms with Crippen molar-refractivity contribution >= 4 is 32.8 Å². The molecule has 1 aliphatic rings. The highest BCUT2D eigenvalue weighted by molar-refractivity contribution is 9.10. The zero-order valence-electron chi connectivity index (χ0n) is 9.19. The van der Waals surface area contributed by atoms with Gasteiger partial charge in [0.1, 0.15) is 0 Å². The summed E-state index contributed by atoms with van der Waals surface area (Å²) in [7, 11) is 0. The number of aliphatic carboxylic acids is 1. The van der Waals surface area contributed by atoms with Crippen LogP contribution in [0.1, 0.15) is 12.1 Å². The molecular formula is C13H12BrNO2. The van der Waals surface area contributed by atoms with E-state index in [-0.39, 0.29) is 5.92 Å². The van der Waals surface area contributed by atoms with Crippen LogP contribution in [0.15, 0.2) is 28.7 Å². The zero-order chi connectivity index (χ0) is 12.0. The molecule has 88 valence electrons. The molecule has 2 aromatic rings. The van der Waals surface area contributed by atoms with E-state index in [1.54, 1.807) is 0 Å². The van der Waals surface area contributed by atoms with Gasteiger partial charge in [-0.15, -0.1) is 0 Å². The van der Waals surface area contributed by atoms with Crippen LogP contribution in [0.3, 0.4) is 0 Å². The predicted octanol–water partition coefficient (Wildman–Crippen LogP) is 3.05. The molecular weight excluding hydrogens is 282 g/mol. The van der Waals surface area contributed by atoms with Crippen LogP contribution < -0.4 is 0 Å². The Kier molecular flexibility index (Phi) is 2.47. The van der Waals surface area contributed by atoms with Gasteiger partial charge in [-0.1, -0.05) is 15.9 Å². The number of benzene rings is 1. The number of aromatic nitrogens is 1. The number of carboxylic acid groups (broad SMARTS) is 1. The second kappa shape index (κ2) is 3.88. The summed E-state index contributed by atoms with van der Waals surface area (Å²) >= 11 is 3.46. The van der Waals surface area contributed by atoms with Crippen LogP contribution >= 0.6 is 15.9 Å². The Morgan fingerprint density at radius 1 is 1.41 bits per heavy atom. The topological polar surface area (TPSA) is 42.2 Å². The van der Waals surface area contributed by atoms with E-state index in [9.17, 15) is 4.79 Å². The number of carbonyl (C=O) groups is 1. The highest BCUT2D eigenvalue weighted by Gasteiger charge is 2.25. The Bertz CT molecular complexity index is 603. The first-order valence-electron chi connectivity index (χ1n) is 5.65. The monoisotopic (exact) mass is 293 g/mol. The van der Waals surface area contributed by atoms with E-state index < -0.39 is 5.97 Å². The SMILES string of the molecule is O=C(O)C1CCc2cc3cc(Br)ccc3n2C1. The summed E-state index contributed by atoms with van der Waals surface area (Å²) in [6.45, 7) is 0.593. The number of hydrogen-bond acceptors (Lipinski definition) is 1. The van der Waals surface area contributed by atoms with Gasteiger partial charge in [0, 0.05) is 27.6 Å². The molecule has 0 radical (unpaired) electrons. The Balaban J connectivity index is 2.12. The fraction of sp³-hybridized carbons (Fsp3) is 0.308. The molecule has 0 bridgehead atoms. The van der Waals surface area contributed by atoms with Crippen LogP contribution in [0.2, 0.25) is 0 Å². The number of hydrogen-bond donors (Lipinski definition) is 1. The van der Waals surface area contributed by atoms with E-state index >= 15 is 0 Å². The molecule has 0 amide bonds. The van der Waals surface area contributed by atoms with Crippen molar-refractivity contribution in [3.8, 4) is 0 Å². The Morgan fingerprint density at radius 2 is 2.24 bits per heavy atom. The summed E-state index contributed by atoms with van der Waals surface area (Å²) < 4.78 is 3.20. The maximum Gasteiger partial charge on any atom is 0.308 e. The van der Waals surface area contributed by atoms with Gasteiger partial charge < -0.3 is 9.67 Å². The quantitative estimate of drug-likeness (QED) is 0.878. The molecule has 1 aromatic carbocycles. The molecule has 1 aliphatic heterocycles. The number of carboxylic acids is 1. The molecule has 4 heteroatoms. The highest BCUT2D eigenvalue weighted by Crippen LogP contribution is 2.29. The lowest BCUT2D eigenvalue weighted by Crippen LogP contribution is -2.26. The second-order valence-electron chi connectivity index (χ2n) is 4.52. The van der Waals surface area contributed by atoms with Crippen molar-refractivity contribution in [3.63, 3.8) is 0 Å². The van der Waals surface area contributed by atoms with Crippen LogP contribution in [-0.2, 0) is 17.8 Å². The van der Waals surface area contributed by atoms with Gasteiger partial charge in [-0.05, 0) is 37.1 Å². The zero-order valence-corrected chi connectivity index (χ0v) is 10.8. The normalized spacial score (nSPS) is 19.2. The number of nitrogens with zero attached hydrogens (tertiary/aromatic N) is 1. The van der Waals surface area contributed by atoms with Crippen molar-refractivity contribution in [3.05, 3.63) is 34.4 Å². The van der Waals surface area contributed by atoms with Gasteiger partial charge in [0.2, 0.25) is 0 Å². The van der Waals surface area contributed by atoms with Crippen LogP contribution in [0.5, 0.6) is 0 Å². The third kappa shape index (κ3) is 1.76. The molecule has 1 unspecified atom stereocenters. The van der Waals surface area contributed by atoms with Gasteiger partial charge in [0.05, 0.1) is 5.92 Å². The molecule has 1 atom stereocenters. The highest BCUT2D eigenvalue weighted by atomic mass is 79.9. The first-order chi connectivity index (χ1) is 8.15. The molecule has 0 saturated carbocycles. The molecule has 0 fully saturated rings. The standard InChI is InChI=1S/C13H12BrNO2/c14-10-2-4-12-9(5-10)6-11-3-1-8(13(16)17)7-15(11)12/h2,4-6,8H,1,3,7H2,(H,16,17). The van der Waals surface area contributed by atoms with Crippen molar-refractivity contribution in [1.29, 1.82) is 0 Å². The Morgan fingerprint density at radius 3 is 3.00 bits per heavy atom. The average molecular weight is 294 g/mol. The minimum atomic E-state index is -0.686. The van der Waals surface area contributed by atoms with Crippen LogP contribution in [-0.4, -0.2) is 15.6 Å². The minimum absolute atomic E-state index is 0.248. The summed E-state index contributed by atoms with van der Waals surface area (Å²) in [5, 5.41) is 10.3. The van der Waals surface area contributed by atoms with Crippen molar-refractivity contribution in [2.45, 2.75) is 19.4 Å². The third-order valence-corrected chi connectivity index (χ3v) is 3.94. The molecule has 2 heterocycles. The van der Waals surface area contributed by atoms with Gasteiger partial charge in [-0.2, -0.15) is 0 Å². The van der Waals surface area contributed by atoms with Crippen molar-refractivity contribution < 1.29 is 9.90 Å². The summed E-state index contributed by atoms with van der Waals surface area (Å²) in [6, 6.07) is 8.29. The fourth-order valence-electron chi connectivity index (χ4n) is 2.56. The van der Waals surface area contributed by atoms with E-state index in [1.807, 2.05) is 12.1 Å². The molecule has 17 heavy (non-hydrogen) atoms. The van der Waals surface area contributed by atoms with Crippen LogP contribution in [0.25, 0.3) is 10.9 Å². The van der Waals surface area contributed by atoms with E-state index in [0.717, 1.165) is 22.8 Å². The van der Waals surface area contributed by atoms with Gasteiger partial charge in [0.25, 0.3) is 0 Å². The van der Waals surface area contributed by atoms with E-state index in [4.69, 9.17) is 5.11 Å². The molecule has 0 spiro atoms. The summed E-state index contributed by atoms with van der Waals surface area (Å²) in [5.74, 6) is -0.934. The van der Waals surface area contributed by atoms with Gasteiger partial charge >= 0.3 is 5.97 Å². The van der Waals surface area contributed by atoms with Crippen molar-refractivity contribution in [2.75, 3.05) is 0 Å². The lowest BCUT2D eigenvalue weighted by atomic mass is 9.98. The maximum absolute atomic E-state index is 11.1. The first-order valence-corrected chi connectivity index (χ1v) is 6.45. The lowest BCUT2D eigenvalue weighted by Gasteiger charge is -2.22. The first kappa shape index (κ1) is 10.8. The average Bonchev–Trinajstić information content (AvgIpc) is 2.64. The third-order valence-electron chi connectivity index (χ3n) is 3.45. The van der Waals surface area contributed by atoms with Crippen LogP contribution in [0, 0.1) is 5.92 Å². The smallest absolute Gasteiger partial charge is 0.308 e. The number of aryl methyl sites for hydroxylation is 1. The van der Waals surface area contributed by atoms with Crippen molar-refractivity contribution in [2.24, 2.45) is 5.92 Å². The van der Waals surface area contributed by atoms with Gasteiger partial charge in [0.15, 0.2) is 0 Å². The minimum Gasteiger partial charge on any atom is -0.481 e. The molecule has 0 aliphatic carbocycles. The van der Waals surface area contributed by atoms with Crippen LogP contribution in [0.4, 0.5) is 0 Å². The summed E-state index contributed by atoms with van der Waals surface area (Å²) in [5.41, 5.74) is 2.38. The van der Waals surface area contributed by atoms with E-state index in [0.29, 0.717) is 6.54 Å². The lowest BCUT2D eigenvalue weighted by molar-refractivity contribution is -0.142.